The van der Waals surface area contributed by atoms with Gasteiger partial charge in [0, 0.05) is 29.5 Å². The van der Waals surface area contributed by atoms with Crippen LogP contribution in [0.1, 0.15) is 63.2 Å². The zero-order chi connectivity index (χ0) is 25.8. The number of rotatable bonds is 4. The van der Waals surface area contributed by atoms with Crippen LogP contribution in [-0.4, -0.2) is 29.7 Å². The summed E-state index contributed by atoms with van der Waals surface area (Å²) >= 11 is 0. The average molecular weight is 491 g/mol. The lowest BCUT2D eigenvalue weighted by Gasteiger charge is -2.58. The van der Waals surface area contributed by atoms with Crippen molar-refractivity contribution < 1.29 is 23.9 Å². The van der Waals surface area contributed by atoms with Crippen LogP contribution in [0.3, 0.4) is 0 Å². The van der Waals surface area contributed by atoms with Gasteiger partial charge in [-0.15, -0.1) is 0 Å². The molecule has 0 bridgehead atoms. The largest absolute Gasteiger partial charge is 0.446 e. The highest BCUT2D eigenvalue weighted by Crippen LogP contribution is 2.65. The van der Waals surface area contributed by atoms with Crippen LogP contribution in [0.2, 0.25) is 0 Å². The average Bonchev–Trinajstić information content (AvgIpc) is 3.16. The summed E-state index contributed by atoms with van der Waals surface area (Å²) in [5.74, 6) is 0.168. The number of nitrogens with two attached hydrogens (primary N) is 1. The van der Waals surface area contributed by atoms with Crippen LogP contribution in [0.4, 0.5) is 10.5 Å². The number of amides is 2. The van der Waals surface area contributed by atoms with Gasteiger partial charge in [0.25, 0.3) is 0 Å². The van der Waals surface area contributed by atoms with E-state index in [1.807, 2.05) is 0 Å². The molecular weight excluding hydrogens is 456 g/mol. The van der Waals surface area contributed by atoms with Crippen molar-refractivity contribution in [3.8, 4) is 0 Å². The minimum atomic E-state index is -0.602. The Labute approximate surface area is 211 Å². The molecule has 3 N–H and O–H groups in total. The summed E-state index contributed by atoms with van der Waals surface area (Å²) in [5.41, 5.74) is 6.54. The van der Waals surface area contributed by atoms with E-state index in [0.29, 0.717) is 36.4 Å². The monoisotopic (exact) mass is 490 g/mol. The third kappa shape index (κ3) is 3.89. The molecule has 5 rings (SSSR count). The number of carbonyl (C=O) groups is 4. The smallest absolute Gasteiger partial charge is 0.411 e. The van der Waals surface area contributed by atoms with Crippen molar-refractivity contribution in [1.82, 2.24) is 0 Å². The van der Waals surface area contributed by atoms with Gasteiger partial charge < -0.3 is 10.5 Å². The van der Waals surface area contributed by atoms with Gasteiger partial charge in [-0.05, 0) is 85.1 Å². The Morgan fingerprint density at radius 1 is 1.17 bits per heavy atom. The van der Waals surface area contributed by atoms with Crippen LogP contribution in [-0.2, 0) is 14.3 Å². The number of ether oxygens (including phenoxy) is 1. The summed E-state index contributed by atoms with van der Waals surface area (Å²) in [6.07, 6.45) is 8.63. The number of allylic oxidation sites excluding steroid dienone is 4. The molecule has 36 heavy (non-hydrogen) atoms. The molecule has 4 aliphatic rings. The molecule has 2 saturated carbocycles. The normalized spacial score (nSPS) is 36.7. The zero-order valence-electron chi connectivity index (χ0n) is 21.1. The first-order chi connectivity index (χ1) is 17.0. The Kier molecular flexibility index (Phi) is 5.92. The number of primary amides is 1. The molecule has 2 fully saturated rings. The van der Waals surface area contributed by atoms with Gasteiger partial charge in [-0.1, -0.05) is 32.1 Å². The number of fused-ring (bicyclic) bond motifs is 5. The van der Waals surface area contributed by atoms with Crippen molar-refractivity contribution >= 4 is 29.3 Å². The zero-order valence-corrected chi connectivity index (χ0v) is 21.1. The minimum absolute atomic E-state index is 0.00772. The SMILES string of the molecule is CC(=O)[C@H]1CC[C@H]2[C@@H]3C=CC4=CC(=O)CC[C@@]4(C)C3[C@@H](OC(=O)Nc3cccc(C(N)=O)c3)C[C@]12C. The lowest BCUT2D eigenvalue weighted by atomic mass is 9.47. The lowest BCUT2D eigenvalue weighted by Crippen LogP contribution is -2.57. The summed E-state index contributed by atoms with van der Waals surface area (Å²) in [5, 5.41) is 2.76. The van der Waals surface area contributed by atoms with Crippen LogP contribution >= 0.6 is 0 Å². The molecule has 2 amide bonds. The topological polar surface area (TPSA) is 116 Å². The maximum atomic E-state index is 13.2. The van der Waals surface area contributed by atoms with Crippen molar-refractivity contribution in [2.24, 2.45) is 40.2 Å². The molecule has 0 radical (unpaired) electrons. The van der Waals surface area contributed by atoms with E-state index in [2.05, 4.69) is 31.3 Å². The van der Waals surface area contributed by atoms with E-state index in [0.717, 1.165) is 18.4 Å². The number of carbonyl (C=O) groups excluding carboxylic acids is 4. The van der Waals surface area contributed by atoms with Crippen molar-refractivity contribution in [3.63, 3.8) is 0 Å². The summed E-state index contributed by atoms with van der Waals surface area (Å²) < 4.78 is 6.18. The second-order valence-electron chi connectivity index (χ2n) is 11.5. The molecular formula is C29H34N2O5. The van der Waals surface area contributed by atoms with Crippen LogP contribution in [0.5, 0.6) is 0 Å². The third-order valence-electron chi connectivity index (χ3n) is 9.57. The Morgan fingerprint density at radius 2 is 1.94 bits per heavy atom. The molecule has 7 nitrogen and oxygen atoms in total. The summed E-state index contributed by atoms with van der Waals surface area (Å²) in [7, 11) is 0. The molecule has 1 aromatic carbocycles. The van der Waals surface area contributed by atoms with E-state index < -0.39 is 18.1 Å². The van der Waals surface area contributed by atoms with Crippen LogP contribution in [0, 0.1) is 34.5 Å². The summed E-state index contributed by atoms with van der Waals surface area (Å²) in [6, 6.07) is 6.43. The molecule has 0 aromatic heterocycles. The second kappa shape index (κ2) is 8.71. The van der Waals surface area contributed by atoms with Crippen LogP contribution in [0.15, 0.2) is 48.1 Å². The molecule has 4 aliphatic carbocycles. The highest BCUT2D eigenvalue weighted by atomic mass is 16.6. The Bertz CT molecular complexity index is 1200. The molecule has 7 atom stereocenters. The highest BCUT2D eigenvalue weighted by molar-refractivity contribution is 5.95. The van der Waals surface area contributed by atoms with Gasteiger partial charge in [-0.25, -0.2) is 4.79 Å². The first-order valence-electron chi connectivity index (χ1n) is 12.8. The number of hydrogen-bond acceptors (Lipinski definition) is 5. The van der Waals surface area contributed by atoms with Gasteiger partial charge in [0.15, 0.2) is 5.78 Å². The summed E-state index contributed by atoms with van der Waals surface area (Å²) in [4.78, 5) is 49.6. The fourth-order valence-electron chi connectivity index (χ4n) is 7.90. The van der Waals surface area contributed by atoms with E-state index in [1.165, 1.54) is 6.07 Å². The van der Waals surface area contributed by atoms with E-state index >= 15 is 0 Å². The predicted molar refractivity (Wildman–Crippen MR) is 135 cm³/mol. The molecule has 1 unspecified atom stereocenters. The van der Waals surface area contributed by atoms with Crippen LogP contribution in [0.25, 0.3) is 0 Å². The van der Waals surface area contributed by atoms with Gasteiger partial charge in [0.1, 0.15) is 11.9 Å². The van der Waals surface area contributed by atoms with Gasteiger partial charge in [-0.3, -0.25) is 19.7 Å². The van der Waals surface area contributed by atoms with Crippen molar-refractivity contribution in [2.75, 3.05) is 5.32 Å². The number of benzene rings is 1. The lowest BCUT2D eigenvalue weighted by molar-refractivity contribution is -0.134. The van der Waals surface area contributed by atoms with Gasteiger partial charge in [0.2, 0.25) is 5.91 Å². The predicted octanol–water partition coefficient (Wildman–Crippen LogP) is 4.83. The van der Waals surface area contributed by atoms with E-state index in [9.17, 15) is 19.2 Å². The number of ketones is 2. The molecule has 7 heteroatoms. The second-order valence-corrected chi connectivity index (χ2v) is 11.5. The highest BCUT2D eigenvalue weighted by Gasteiger charge is 2.63. The fourth-order valence-corrected chi connectivity index (χ4v) is 7.90. The van der Waals surface area contributed by atoms with Crippen LogP contribution < -0.4 is 11.1 Å². The molecule has 190 valence electrons. The molecule has 0 aliphatic heterocycles. The minimum Gasteiger partial charge on any atom is -0.446 e. The number of hydrogen-bond donors (Lipinski definition) is 2. The van der Waals surface area contributed by atoms with Crippen molar-refractivity contribution in [3.05, 3.63) is 53.6 Å². The van der Waals surface area contributed by atoms with Gasteiger partial charge in [0.05, 0.1) is 0 Å². The van der Waals surface area contributed by atoms with Gasteiger partial charge >= 0.3 is 6.09 Å². The number of Topliss-reactive ketones (excluding diaryl/α,β-unsaturated/α-hetero) is 1. The Morgan fingerprint density at radius 3 is 2.67 bits per heavy atom. The maximum absolute atomic E-state index is 13.2. The first-order valence-corrected chi connectivity index (χ1v) is 12.8. The standard InChI is InChI=1S/C29H34N2O5/c1-16(32)22-9-10-23-21-8-7-18-14-20(33)11-12-28(18,2)25(21)24(15-29(22,23)3)36-27(35)31-19-6-4-5-17(13-19)26(30)34/h4-8,13-14,21-25H,9-12,15H2,1-3H3,(H2,30,34)(H,31,35)/t21-,22+,23-,24-,25?,28+,29+/m0/s1. The van der Waals surface area contributed by atoms with E-state index in [-0.39, 0.29) is 40.2 Å². The summed E-state index contributed by atoms with van der Waals surface area (Å²) in [6.45, 7) is 6.05. The van der Waals surface area contributed by atoms with Crippen molar-refractivity contribution in [1.29, 1.82) is 0 Å². The first kappa shape index (κ1) is 24.5. The quantitative estimate of drug-likeness (QED) is 0.627. The molecule has 0 heterocycles. The maximum Gasteiger partial charge on any atom is 0.411 e. The van der Waals surface area contributed by atoms with Crippen molar-refractivity contribution in [2.45, 2.75) is 59.0 Å². The number of anilines is 1. The Hall–Kier alpha value is -3.22. The molecule has 0 saturated heterocycles. The Balaban J connectivity index is 1.49. The van der Waals surface area contributed by atoms with E-state index in [1.54, 1.807) is 31.2 Å². The number of nitrogens with one attached hydrogen (secondary N) is 1. The molecule has 0 spiro atoms. The fraction of sp³-hybridized carbons (Fsp3) is 0.517. The molecule has 1 aromatic rings. The third-order valence-corrected chi connectivity index (χ3v) is 9.57. The van der Waals surface area contributed by atoms with E-state index in [4.69, 9.17) is 10.5 Å². The van der Waals surface area contributed by atoms with Gasteiger partial charge in [-0.2, -0.15) is 0 Å².